The first-order valence-corrected chi connectivity index (χ1v) is 14.8. The van der Waals surface area contributed by atoms with Gasteiger partial charge in [-0.25, -0.2) is 0 Å². The number of nitrogens with zero attached hydrogens (tertiary/aromatic N) is 6. The van der Waals surface area contributed by atoms with Crippen molar-refractivity contribution in [2.24, 2.45) is 7.05 Å². The molecule has 10 nitrogen and oxygen atoms in total. The second-order valence-corrected chi connectivity index (χ2v) is 13.2. The van der Waals surface area contributed by atoms with Crippen LogP contribution in [0.15, 0.2) is 45.9 Å². The fraction of sp³-hybridized carbons (Fsp3) is 0.346. The number of nitrogens with one attached hydrogen (secondary N) is 1. The Bertz CT molecular complexity index is 1500. The van der Waals surface area contributed by atoms with E-state index in [1.54, 1.807) is 35.5 Å². The number of aromatic nitrogens is 5. The maximum Gasteiger partial charge on any atom is 0.270 e. The minimum atomic E-state index is -0.455. The standard InChI is InChI=1S/C26H29N7O3S3/c1-15-10-18(26(3,4)5)11-16(2)20(15)13-38-25-31-29-23(39-25)27-21(34)14-37-24-30-28-22(32(24)6)17-8-7-9-19(12-17)33(35)36/h7-12H,13-14H2,1-6H3,(H,27,29,34). The molecule has 39 heavy (non-hydrogen) atoms. The number of carbonyl (C=O) groups is 1. The Morgan fingerprint density at radius 3 is 2.46 bits per heavy atom. The lowest BCUT2D eigenvalue weighted by Gasteiger charge is -2.22. The summed E-state index contributed by atoms with van der Waals surface area (Å²) >= 11 is 4.16. The molecule has 2 heterocycles. The van der Waals surface area contributed by atoms with Crippen LogP contribution in [0.4, 0.5) is 10.8 Å². The molecule has 0 aliphatic heterocycles. The van der Waals surface area contributed by atoms with Crippen molar-refractivity contribution < 1.29 is 9.72 Å². The van der Waals surface area contributed by atoms with Gasteiger partial charge in [-0.15, -0.1) is 20.4 Å². The highest BCUT2D eigenvalue weighted by Gasteiger charge is 2.18. The Hall–Kier alpha value is -3.29. The quantitative estimate of drug-likeness (QED) is 0.106. The molecule has 0 unspecified atom stereocenters. The van der Waals surface area contributed by atoms with Crippen molar-refractivity contribution in [1.82, 2.24) is 25.0 Å². The van der Waals surface area contributed by atoms with E-state index in [1.807, 2.05) is 0 Å². The lowest BCUT2D eigenvalue weighted by Crippen LogP contribution is -2.14. The topological polar surface area (TPSA) is 129 Å². The van der Waals surface area contributed by atoms with Crippen molar-refractivity contribution in [3.8, 4) is 11.4 Å². The van der Waals surface area contributed by atoms with Gasteiger partial charge in [0.2, 0.25) is 11.0 Å². The molecular weight excluding hydrogens is 555 g/mol. The molecule has 0 saturated carbocycles. The van der Waals surface area contributed by atoms with Crippen LogP contribution < -0.4 is 5.32 Å². The Morgan fingerprint density at radius 2 is 1.79 bits per heavy atom. The summed E-state index contributed by atoms with van der Waals surface area (Å²) in [7, 11) is 1.75. The van der Waals surface area contributed by atoms with Crippen molar-refractivity contribution in [2.75, 3.05) is 11.1 Å². The number of carbonyl (C=O) groups excluding carboxylic acids is 1. The van der Waals surface area contributed by atoms with Gasteiger partial charge < -0.3 is 4.57 Å². The van der Waals surface area contributed by atoms with Crippen molar-refractivity contribution in [2.45, 2.75) is 55.3 Å². The van der Waals surface area contributed by atoms with Crippen LogP contribution in [0.5, 0.6) is 0 Å². The van der Waals surface area contributed by atoms with E-state index in [9.17, 15) is 14.9 Å². The fourth-order valence-electron chi connectivity index (χ4n) is 3.84. The third kappa shape index (κ3) is 7.02. The second kappa shape index (κ2) is 11.8. The molecule has 13 heteroatoms. The molecule has 204 valence electrons. The number of benzene rings is 2. The van der Waals surface area contributed by atoms with Gasteiger partial charge in [0.1, 0.15) is 0 Å². The molecule has 0 saturated heterocycles. The Labute approximate surface area is 239 Å². The number of thioether (sulfide) groups is 2. The second-order valence-electron chi connectivity index (χ2n) is 10.0. The van der Waals surface area contributed by atoms with E-state index >= 15 is 0 Å². The van der Waals surface area contributed by atoms with E-state index in [-0.39, 0.29) is 22.8 Å². The van der Waals surface area contributed by atoms with E-state index in [1.165, 1.54) is 57.5 Å². The average Bonchev–Trinajstić information content (AvgIpc) is 3.47. The Morgan fingerprint density at radius 1 is 1.08 bits per heavy atom. The molecular formula is C26H29N7O3S3. The third-order valence-corrected chi connectivity index (χ3v) is 9.06. The highest BCUT2D eigenvalue weighted by molar-refractivity contribution is 8.00. The van der Waals surface area contributed by atoms with Crippen LogP contribution in [-0.4, -0.2) is 41.5 Å². The van der Waals surface area contributed by atoms with Gasteiger partial charge in [-0.05, 0) is 41.5 Å². The fourth-order valence-corrected chi connectivity index (χ4v) is 6.52. The zero-order chi connectivity index (χ0) is 28.3. The molecule has 0 aliphatic carbocycles. The van der Waals surface area contributed by atoms with E-state index in [0.29, 0.717) is 21.7 Å². The Kier molecular flexibility index (Phi) is 8.72. The highest BCUT2D eigenvalue weighted by atomic mass is 32.2. The maximum absolute atomic E-state index is 12.6. The number of aryl methyl sites for hydroxylation is 2. The summed E-state index contributed by atoms with van der Waals surface area (Å²) < 4.78 is 2.49. The molecule has 2 aromatic heterocycles. The minimum absolute atomic E-state index is 0.0256. The van der Waals surface area contributed by atoms with E-state index in [2.05, 4.69) is 72.5 Å². The zero-order valence-corrected chi connectivity index (χ0v) is 25.0. The van der Waals surface area contributed by atoms with E-state index in [0.717, 1.165) is 10.1 Å². The predicted octanol–water partition coefficient (Wildman–Crippen LogP) is 6.18. The molecule has 0 fully saturated rings. The number of hydrogen-bond acceptors (Lipinski definition) is 10. The average molecular weight is 584 g/mol. The number of non-ortho nitro benzene ring substituents is 1. The molecule has 2 aromatic carbocycles. The van der Waals surface area contributed by atoms with Gasteiger partial charge >= 0.3 is 0 Å². The summed E-state index contributed by atoms with van der Waals surface area (Å²) in [5.74, 6) is 1.11. The smallest absolute Gasteiger partial charge is 0.270 e. The normalized spacial score (nSPS) is 11.5. The van der Waals surface area contributed by atoms with E-state index < -0.39 is 4.92 Å². The van der Waals surface area contributed by atoms with Gasteiger partial charge in [0.05, 0.1) is 10.7 Å². The zero-order valence-electron chi connectivity index (χ0n) is 22.5. The number of amides is 1. The van der Waals surface area contributed by atoms with Gasteiger partial charge in [-0.3, -0.25) is 20.2 Å². The molecule has 0 spiro atoms. The molecule has 1 N–H and O–H groups in total. The van der Waals surface area contributed by atoms with Gasteiger partial charge in [0.15, 0.2) is 15.3 Å². The molecule has 4 aromatic rings. The summed E-state index contributed by atoms with van der Waals surface area (Å²) in [6.07, 6.45) is 0. The minimum Gasteiger partial charge on any atom is -0.305 e. The van der Waals surface area contributed by atoms with Crippen molar-refractivity contribution in [3.63, 3.8) is 0 Å². The molecule has 0 bridgehead atoms. The van der Waals surface area contributed by atoms with Crippen LogP contribution in [0.25, 0.3) is 11.4 Å². The lowest BCUT2D eigenvalue weighted by molar-refractivity contribution is -0.384. The van der Waals surface area contributed by atoms with Crippen molar-refractivity contribution >= 4 is 51.6 Å². The maximum atomic E-state index is 12.6. The van der Waals surface area contributed by atoms with Gasteiger partial charge in [-0.1, -0.05) is 79.9 Å². The number of nitro groups is 1. The monoisotopic (exact) mass is 583 g/mol. The number of nitro benzene ring substituents is 1. The van der Waals surface area contributed by atoms with Gasteiger partial charge in [-0.2, -0.15) is 0 Å². The van der Waals surface area contributed by atoms with Crippen molar-refractivity contribution in [3.05, 3.63) is 68.8 Å². The summed E-state index contributed by atoms with van der Waals surface area (Å²) in [5.41, 5.74) is 5.79. The summed E-state index contributed by atoms with van der Waals surface area (Å²) in [6.45, 7) is 10.9. The third-order valence-electron chi connectivity index (χ3n) is 6.04. The molecule has 4 rings (SSSR count). The van der Waals surface area contributed by atoms with Crippen LogP contribution in [-0.2, 0) is 23.0 Å². The molecule has 0 atom stereocenters. The number of hydrogen-bond donors (Lipinski definition) is 1. The highest BCUT2D eigenvalue weighted by Crippen LogP contribution is 2.33. The summed E-state index contributed by atoms with van der Waals surface area (Å²) in [5, 5.41) is 31.4. The summed E-state index contributed by atoms with van der Waals surface area (Å²) in [4.78, 5) is 23.2. The van der Waals surface area contributed by atoms with E-state index in [4.69, 9.17) is 0 Å². The predicted molar refractivity (Wildman–Crippen MR) is 157 cm³/mol. The largest absolute Gasteiger partial charge is 0.305 e. The summed E-state index contributed by atoms with van der Waals surface area (Å²) in [6, 6.07) is 10.7. The van der Waals surface area contributed by atoms with Crippen LogP contribution in [0.2, 0.25) is 0 Å². The first kappa shape index (κ1) is 28.7. The number of anilines is 1. The SMILES string of the molecule is Cc1cc(C(C)(C)C)cc(C)c1CSc1nnc(NC(=O)CSc2nnc(-c3cccc([N+](=O)[O-])c3)n2C)s1. The van der Waals surface area contributed by atoms with Crippen LogP contribution in [0.1, 0.15) is 43.0 Å². The molecule has 0 radical (unpaired) electrons. The van der Waals surface area contributed by atoms with Crippen LogP contribution in [0, 0.1) is 24.0 Å². The molecule has 0 aliphatic rings. The van der Waals surface area contributed by atoms with Gasteiger partial charge in [0.25, 0.3) is 5.69 Å². The molecule has 1 amide bonds. The first-order chi connectivity index (χ1) is 18.4. The lowest BCUT2D eigenvalue weighted by atomic mass is 9.84. The number of rotatable bonds is 9. The van der Waals surface area contributed by atoms with Crippen LogP contribution >= 0.6 is 34.9 Å². The van der Waals surface area contributed by atoms with Crippen molar-refractivity contribution in [1.29, 1.82) is 0 Å². The first-order valence-electron chi connectivity index (χ1n) is 12.1. The van der Waals surface area contributed by atoms with Crippen LogP contribution in [0.3, 0.4) is 0 Å². The van der Waals surface area contributed by atoms with Gasteiger partial charge in [0, 0.05) is 30.5 Å². The Balaban J connectivity index is 1.32.